The van der Waals surface area contributed by atoms with Gasteiger partial charge in [-0.15, -0.1) is 0 Å². The van der Waals surface area contributed by atoms with Crippen LogP contribution in [0.3, 0.4) is 0 Å². The number of halogens is 1. The first-order valence-electron chi connectivity index (χ1n) is 5.07. The highest BCUT2D eigenvalue weighted by molar-refractivity contribution is 6.31. The van der Waals surface area contributed by atoms with Crippen LogP contribution in [0.5, 0.6) is 5.75 Å². The number of carboxylic acids is 1. The third-order valence-corrected chi connectivity index (χ3v) is 3.02. The number of benzene rings is 1. The van der Waals surface area contributed by atoms with Gasteiger partial charge in [-0.25, -0.2) is 4.79 Å². The summed E-state index contributed by atoms with van der Waals surface area (Å²) in [6.07, 6.45) is 0.393. The molecule has 0 spiro atoms. The summed E-state index contributed by atoms with van der Waals surface area (Å²) in [7, 11) is 0. The Morgan fingerprint density at radius 3 is 2.62 bits per heavy atom. The summed E-state index contributed by atoms with van der Waals surface area (Å²) in [4.78, 5) is 11.1. The SMILES string of the molecule is CCC(C)(Oc1ccc(Cl)c(C)c1)C(=O)O. The summed E-state index contributed by atoms with van der Waals surface area (Å²) in [5.74, 6) is -0.448. The highest BCUT2D eigenvalue weighted by Crippen LogP contribution is 2.26. The van der Waals surface area contributed by atoms with Crippen LogP contribution in [0, 0.1) is 6.92 Å². The lowest BCUT2D eigenvalue weighted by Gasteiger charge is -2.25. The van der Waals surface area contributed by atoms with Crippen molar-refractivity contribution in [3.05, 3.63) is 28.8 Å². The maximum Gasteiger partial charge on any atom is 0.347 e. The zero-order valence-corrected chi connectivity index (χ0v) is 10.3. The number of hydrogen-bond acceptors (Lipinski definition) is 2. The molecule has 1 unspecified atom stereocenters. The van der Waals surface area contributed by atoms with Gasteiger partial charge >= 0.3 is 5.97 Å². The zero-order chi connectivity index (χ0) is 12.3. The summed E-state index contributed by atoms with van der Waals surface area (Å²) in [5, 5.41) is 9.71. The van der Waals surface area contributed by atoms with Gasteiger partial charge in [0.2, 0.25) is 5.60 Å². The van der Waals surface area contributed by atoms with Gasteiger partial charge in [-0.3, -0.25) is 0 Å². The number of aliphatic carboxylic acids is 1. The van der Waals surface area contributed by atoms with Crippen molar-refractivity contribution < 1.29 is 14.6 Å². The predicted octanol–water partition coefficient (Wildman–Crippen LogP) is 3.28. The van der Waals surface area contributed by atoms with E-state index in [1.165, 1.54) is 0 Å². The van der Waals surface area contributed by atoms with E-state index in [0.29, 0.717) is 17.2 Å². The van der Waals surface area contributed by atoms with Crippen molar-refractivity contribution in [3.63, 3.8) is 0 Å². The Bertz CT molecular complexity index is 403. The van der Waals surface area contributed by atoms with Crippen LogP contribution in [0.1, 0.15) is 25.8 Å². The van der Waals surface area contributed by atoms with Gasteiger partial charge in [-0.2, -0.15) is 0 Å². The second-order valence-electron chi connectivity index (χ2n) is 3.90. The van der Waals surface area contributed by atoms with Gasteiger partial charge < -0.3 is 9.84 Å². The van der Waals surface area contributed by atoms with Crippen LogP contribution in [0.2, 0.25) is 5.02 Å². The fourth-order valence-corrected chi connectivity index (χ4v) is 1.33. The monoisotopic (exact) mass is 242 g/mol. The van der Waals surface area contributed by atoms with Crippen molar-refractivity contribution >= 4 is 17.6 Å². The minimum Gasteiger partial charge on any atom is -0.478 e. The minimum absolute atomic E-state index is 0.393. The number of rotatable bonds is 4. The summed E-state index contributed by atoms with van der Waals surface area (Å²) in [6, 6.07) is 5.11. The highest BCUT2D eigenvalue weighted by atomic mass is 35.5. The van der Waals surface area contributed by atoms with Crippen molar-refractivity contribution in [3.8, 4) is 5.75 Å². The van der Waals surface area contributed by atoms with Crippen LogP contribution >= 0.6 is 11.6 Å². The molecule has 0 saturated heterocycles. The molecule has 0 fully saturated rings. The third-order valence-electron chi connectivity index (χ3n) is 2.60. The fraction of sp³-hybridized carbons (Fsp3) is 0.417. The summed E-state index contributed by atoms with van der Waals surface area (Å²) in [5.41, 5.74) is -0.330. The molecule has 0 aliphatic carbocycles. The first kappa shape index (κ1) is 12.8. The lowest BCUT2D eigenvalue weighted by molar-refractivity contribution is -0.154. The molecular weight excluding hydrogens is 228 g/mol. The van der Waals surface area contributed by atoms with Crippen LogP contribution in [0.25, 0.3) is 0 Å². The van der Waals surface area contributed by atoms with Gasteiger partial charge in [-0.1, -0.05) is 18.5 Å². The van der Waals surface area contributed by atoms with E-state index < -0.39 is 11.6 Å². The van der Waals surface area contributed by atoms with E-state index >= 15 is 0 Å². The first-order chi connectivity index (χ1) is 7.39. The summed E-state index contributed by atoms with van der Waals surface area (Å²) >= 11 is 5.88. The van der Waals surface area contributed by atoms with Crippen LogP contribution in [0.15, 0.2) is 18.2 Å². The van der Waals surface area contributed by atoms with Crippen molar-refractivity contribution in [2.45, 2.75) is 32.8 Å². The van der Waals surface area contributed by atoms with Crippen LogP contribution in [0.4, 0.5) is 0 Å². The number of carbonyl (C=O) groups is 1. The van der Waals surface area contributed by atoms with Gasteiger partial charge in [0.25, 0.3) is 0 Å². The van der Waals surface area contributed by atoms with E-state index in [1.807, 2.05) is 6.92 Å². The van der Waals surface area contributed by atoms with Crippen LogP contribution in [-0.4, -0.2) is 16.7 Å². The molecule has 0 aliphatic heterocycles. The molecule has 4 heteroatoms. The highest BCUT2D eigenvalue weighted by Gasteiger charge is 2.33. The normalized spacial score (nSPS) is 14.2. The Balaban J connectivity index is 2.95. The number of hydrogen-bond donors (Lipinski definition) is 1. The third kappa shape index (κ3) is 2.67. The molecule has 0 bridgehead atoms. The van der Waals surface area contributed by atoms with Gasteiger partial charge in [-0.05, 0) is 44.0 Å². The molecule has 16 heavy (non-hydrogen) atoms. The molecule has 3 nitrogen and oxygen atoms in total. The molecule has 1 aromatic carbocycles. The quantitative estimate of drug-likeness (QED) is 0.881. The molecule has 0 aromatic heterocycles. The predicted molar refractivity (Wildman–Crippen MR) is 63.1 cm³/mol. The number of ether oxygens (including phenoxy) is 1. The Kier molecular flexibility index (Phi) is 3.81. The van der Waals surface area contributed by atoms with E-state index in [4.69, 9.17) is 21.4 Å². The van der Waals surface area contributed by atoms with Crippen molar-refractivity contribution in [2.24, 2.45) is 0 Å². The van der Waals surface area contributed by atoms with Crippen LogP contribution in [-0.2, 0) is 4.79 Å². The first-order valence-corrected chi connectivity index (χ1v) is 5.45. The number of carboxylic acid groups (broad SMARTS) is 1. The Hall–Kier alpha value is -1.22. The van der Waals surface area contributed by atoms with Gasteiger partial charge in [0.05, 0.1) is 0 Å². The fourth-order valence-electron chi connectivity index (χ4n) is 1.21. The van der Waals surface area contributed by atoms with E-state index in [0.717, 1.165) is 5.56 Å². The van der Waals surface area contributed by atoms with Crippen molar-refractivity contribution in [1.29, 1.82) is 0 Å². The molecule has 88 valence electrons. The summed E-state index contributed by atoms with van der Waals surface area (Å²) in [6.45, 7) is 5.18. The molecule has 0 saturated carbocycles. The maximum atomic E-state index is 11.1. The molecule has 1 rings (SSSR count). The Morgan fingerprint density at radius 2 is 2.19 bits per heavy atom. The van der Waals surface area contributed by atoms with E-state index in [9.17, 15) is 4.79 Å². The Labute approximate surface area is 100.0 Å². The molecule has 1 aromatic rings. The minimum atomic E-state index is -1.19. The van der Waals surface area contributed by atoms with Crippen LogP contribution < -0.4 is 4.74 Å². The summed E-state index contributed by atoms with van der Waals surface area (Å²) < 4.78 is 5.49. The zero-order valence-electron chi connectivity index (χ0n) is 9.58. The molecular formula is C12H15ClO3. The van der Waals surface area contributed by atoms with Gasteiger partial charge in [0, 0.05) is 5.02 Å². The van der Waals surface area contributed by atoms with E-state index in [-0.39, 0.29) is 0 Å². The molecule has 1 N–H and O–H groups in total. The Morgan fingerprint density at radius 1 is 1.56 bits per heavy atom. The molecule has 1 atom stereocenters. The van der Waals surface area contributed by atoms with Crippen molar-refractivity contribution in [2.75, 3.05) is 0 Å². The molecule has 0 amide bonds. The van der Waals surface area contributed by atoms with E-state index in [2.05, 4.69) is 0 Å². The largest absolute Gasteiger partial charge is 0.478 e. The average molecular weight is 243 g/mol. The molecule has 0 heterocycles. The number of aryl methyl sites for hydroxylation is 1. The standard InChI is InChI=1S/C12H15ClO3/c1-4-12(3,11(14)15)16-9-5-6-10(13)8(2)7-9/h5-7H,4H2,1-3H3,(H,14,15). The van der Waals surface area contributed by atoms with E-state index in [1.54, 1.807) is 32.0 Å². The van der Waals surface area contributed by atoms with Gasteiger partial charge in [0.1, 0.15) is 5.75 Å². The lowest BCUT2D eigenvalue weighted by atomic mass is 10.0. The second-order valence-corrected chi connectivity index (χ2v) is 4.31. The molecule has 0 aliphatic rings. The lowest BCUT2D eigenvalue weighted by Crippen LogP contribution is -2.40. The smallest absolute Gasteiger partial charge is 0.347 e. The average Bonchev–Trinajstić information content (AvgIpc) is 2.23. The second kappa shape index (κ2) is 4.74. The van der Waals surface area contributed by atoms with Crippen molar-refractivity contribution in [1.82, 2.24) is 0 Å². The van der Waals surface area contributed by atoms with Gasteiger partial charge in [0.15, 0.2) is 0 Å². The molecule has 0 radical (unpaired) electrons. The maximum absolute atomic E-state index is 11.1. The topological polar surface area (TPSA) is 46.5 Å².